The minimum absolute atomic E-state index is 0.117. The summed E-state index contributed by atoms with van der Waals surface area (Å²) in [6.07, 6.45) is 0.699. The molecule has 3 aromatic rings. The summed E-state index contributed by atoms with van der Waals surface area (Å²) in [5, 5.41) is 11.3. The number of carbonyl (C=O) groups excluding carboxylic acids is 4. The summed E-state index contributed by atoms with van der Waals surface area (Å²) in [4.78, 5) is 49.4. The number of hydrogen-bond donors (Lipinski definition) is 4. The molecule has 0 saturated carbocycles. The molecule has 0 fully saturated rings. The third kappa shape index (κ3) is 6.35. The van der Waals surface area contributed by atoms with Crippen LogP contribution in [0.5, 0.6) is 0 Å². The molecule has 0 radical (unpaired) electrons. The fourth-order valence-corrected chi connectivity index (χ4v) is 3.48. The van der Waals surface area contributed by atoms with Gasteiger partial charge in [0.05, 0.1) is 0 Å². The molecule has 0 unspecified atom stereocenters. The number of carbonyl (C=O) groups is 4. The van der Waals surface area contributed by atoms with Crippen molar-refractivity contribution < 1.29 is 19.2 Å². The van der Waals surface area contributed by atoms with Crippen LogP contribution in [0.1, 0.15) is 58.5 Å². The van der Waals surface area contributed by atoms with Gasteiger partial charge in [-0.1, -0.05) is 32.0 Å². The summed E-state index contributed by atoms with van der Waals surface area (Å²) in [7, 11) is 0. The smallest absolute Gasteiger partial charge is 0.255 e. The van der Waals surface area contributed by atoms with Crippen LogP contribution in [0.3, 0.4) is 0 Å². The fourth-order valence-electron chi connectivity index (χ4n) is 3.48. The summed E-state index contributed by atoms with van der Waals surface area (Å²) in [5.41, 5.74) is 4.45. The van der Waals surface area contributed by atoms with Crippen molar-refractivity contribution >= 4 is 46.4 Å². The summed E-state index contributed by atoms with van der Waals surface area (Å²) >= 11 is 0. The lowest BCUT2D eigenvalue weighted by atomic mass is 10.1. The van der Waals surface area contributed by atoms with E-state index in [2.05, 4.69) is 21.3 Å². The van der Waals surface area contributed by atoms with Crippen LogP contribution in [0, 0.1) is 13.8 Å². The lowest BCUT2D eigenvalue weighted by Gasteiger charge is -2.14. The van der Waals surface area contributed by atoms with Gasteiger partial charge in [0.2, 0.25) is 11.8 Å². The molecule has 8 heteroatoms. The average molecular weight is 487 g/mol. The van der Waals surface area contributed by atoms with Gasteiger partial charge in [-0.3, -0.25) is 19.2 Å². The second-order valence-corrected chi connectivity index (χ2v) is 8.25. The monoisotopic (exact) mass is 486 g/mol. The second-order valence-electron chi connectivity index (χ2n) is 8.25. The van der Waals surface area contributed by atoms with Gasteiger partial charge in [-0.15, -0.1) is 0 Å². The summed E-state index contributed by atoms with van der Waals surface area (Å²) < 4.78 is 0. The van der Waals surface area contributed by atoms with Gasteiger partial charge in [-0.25, -0.2) is 0 Å². The van der Waals surface area contributed by atoms with Gasteiger partial charge < -0.3 is 21.3 Å². The van der Waals surface area contributed by atoms with E-state index >= 15 is 0 Å². The van der Waals surface area contributed by atoms with Crippen LogP contribution in [-0.4, -0.2) is 23.6 Å². The molecule has 0 atom stereocenters. The van der Waals surface area contributed by atoms with E-state index in [1.807, 2.05) is 13.8 Å². The highest BCUT2D eigenvalue weighted by molar-refractivity contribution is 6.09. The Labute approximate surface area is 210 Å². The maximum atomic E-state index is 12.9. The van der Waals surface area contributed by atoms with Gasteiger partial charge in [0.1, 0.15) is 0 Å². The van der Waals surface area contributed by atoms with E-state index in [1.165, 1.54) is 6.07 Å². The fraction of sp³-hybridized carbons (Fsp3) is 0.214. The van der Waals surface area contributed by atoms with Crippen molar-refractivity contribution in [1.82, 2.24) is 0 Å². The maximum absolute atomic E-state index is 12.9. The molecule has 4 N–H and O–H groups in total. The van der Waals surface area contributed by atoms with Crippen LogP contribution in [-0.2, 0) is 9.59 Å². The van der Waals surface area contributed by atoms with Gasteiger partial charge in [-0.05, 0) is 67.4 Å². The maximum Gasteiger partial charge on any atom is 0.255 e. The first-order valence-electron chi connectivity index (χ1n) is 11.7. The Balaban J connectivity index is 1.76. The minimum Gasteiger partial charge on any atom is -0.326 e. The predicted octanol–water partition coefficient (Wildman–Crippen LogP) is 5.51. The third-order valence-electron chi connectivity index (χ3n) is 5.74. The molecule has 0 bridgehead atoms. The van der Waals surface area contributed by atoms with E-state index in [9.17, 15) is 19.2 Å². The van der Waals surface area contributed by atoms with Crippen LogP contribution in [0.4, 0.5) is 22.7 Å². The highest BCUT2D eigenvalue weighted by atomic mass is 16.2. The zero-order valence-corrected chi connectivity index (χ0v) is 20.8. The Bertz CT molecular complexity index is 1220. The molecule has 36 heavy (non-hydrogen) atoms. The molecule has 8 nitrogen and oxygen atoms in total. The number of nitrogens with one attached hydrogen (secondary N) is 4. The van der Waals surface area contributed by atoms with E-state index in [1.54, 1.807) is 68.4 Å². The van der Waals surface area contributed by atoms with Crippen LogP contribution in [0.25, 0.3) is 0 Å². The number of benzene rings is 3. The zero-order chi connectivity index (χ0) is 26.2. The van der Waals surface area contributed by atoms with Gasteiger partial charge in [0.15, 0.2) is 0 Å². The van der Waals surface area contributed by atoms with E-state index in [0.29, 0.717) is 46.7 Å². The van der Waals surface area contributed by atoms with Crippen molar-refractivity contribution in [3.63, 3.8) is 0 Å². The third-order valence-corrected chi connectivity index (χ3v) is 5.74. The van der Waals surface area contributed by atoms with Crippen molar-refractivity contribution in [2.45, 2.75) is 40.5 Å². The summed E-state index contributed by atoms with van der Waals surface area (Å²) in [6, 6.07) is 16.9. The molecular weight excluding hydrogens is 456 g/mol. The Morgan fingerprint density at radius 2 is 0.889 bits per heavy atom. The SMILES string of the molecule is CCC(=O)Nc1cccc(NC(=O)c2cccc(C(=O)Nc3cccc(NC(=O)CC)c3C)c2)c1C. The lowest BCUT2D eigenvalue weighted by molar-refractivity contribution is -0.116. The molecule has 3 aromatic carbocycles. The second kappa shape index (κ2) is 11.8. The van der Waals surface area contributed by atoms with Crippen LogP contribution < -0.4 is 21.3 Å². The van der Waals surface area contributed by atoms with Crippen molar-refractivity contribution in [2.24, 2.45) is 0 Å². The number of amides is 4. The normalized spacial score (nSPS) is 10.3. The Hall–Kier alpha value is -4.46. The van der Waals surface area contributed by atoms with Crippen LogP contribution in [0.2, 0.25) is 0 Å². The molecular formula is C28H30N4O4. The van der Waals surface area contributed by atoms with E-state index < -0.39 is 0 Å². The number of anilines is 4. The van der Waals surface area contributed by atoms with E-state index in [0.717, 1.165) is 11.1 Å². The van der Waals surface area contributed by atoms with Gasteiger partial charge in [-0.2, -0.15) is 0 Å². The first-order valence-corrected chi connectivity index (χ1v) is 11.7. The predicted molar refractivity (Wildman–Crippen MR) is 143 cm³/mol. The van der Waals surface area contributed by atoms with E-state index in [-0.39, 0.29) is 23.6 Å². The Morgan fingerprint density at radius 3 is 1.25 bits per heavy atom. The van der Waals surface area contributed by atoms with Gasteiger partial charge in [0, 0.05) is 46.7 Å². The van der Waals surface area contributed by atoms with Crippen molar-refractivity contribution in [2.75, 3.05) is 21.3 Å². The van der Waals surface area contributed by atoms with Crippen molar-refractivity contribution in [1.29, 1.82) is 0 Å². The van der Waals surface area contributed by atoms with Crippen molar-refractivity contribution in [3.05, 3.63) is 82.9 Å². The quantitative estimate of drug-likeness (QED) is 0.336. The van der Waals surface area contributed by atoms with Crippen molar-refractivity contribution in [3.8, 4) is 0 Å². The molecule has 0 aromatic heterocycles. The highest BCUT2D eigenvalue weighted by Gasteiger charge is 2.15. The highest BCUT2D eigenvalue weighted by Crippen LogP contribution is 2.26. The molecule has 3 rings (SSSR count). The molecule has 0 aliphatic heterocycles. The Morgan fingerprint density at radius 1 is 0.556 bits per heavy atom. The molecule has 0 spiro atoms. The van der Waals surface area contributed by atoms with E-state index in [4.69, 9.17) is 0 Å². The molecule has 0 saturated heterocycles. The first-order chi connectivity index (χ1) is 17.2. The lowest BCUT2D eigenvalue weighted by Crippen LogP contribution is -2.17. The first kappa shape index (κ1) is 26.2. The summed E-state index contributed by atoms with van der Waals surface area (Å²) in [5.74, 6) is -0.998. The standard InChI is InChI=1S/C28H30N4O4/c1-5-25(33)29-21-12-8-14-23(17(21)3)31-27(35)19-10-7-11-20(16-19)28(36)32-24-15-9-13-22(18(24)4)30-26(34)6-2/h7-16H,5-6H2,1-4H3,(H,29,33)(H,30,34)(H,31,35)(H,32,36). The molecule has 4 amide bonds. The molecule has 0 aliphatic carbocycles. The molecule has 186 valence electrons. The van der Waals surface area contributed by atoms with Crippen LogP contribution in [0.15, 0.2) is 60.7 Å². The number of rotatable bonds is 8. The summed E-state index contributed by atoms with van der Waals surface area (Å²) in [6.45, 7) is 7.15. The Kier molecular flexibility index (Phi) is 8.57. The van der Waals surface area contributed by atoms with Crippen LogP contribution >= 0.6 is 0 Å². The molecule has 0 aliphatic rings. The average Bonchev–Trinajstić information content (AvgIpc) is 2.88. The minimum atomic E-state index is -0.382. The van der Waals surface area contributed by atoms with Gasteiger partial charge >= 0.3 is 0 Å². The zero-order valence-electron chi connectivity index (χ0n) is 20.8. The largest absolute Gasteiger partial charge is 0.326 e. The number of hydrogen-bond acceptors (Lipinski definition) is 4. The topological polar surface area (TPSA) is 116 Å². The molecule has 0 heterocycles. The van der Waals surface area contributed by atoms with Gasteiger partial charge in [0.25, 0.3) is 11.8 Å².